The lowest BCUT2D eigenvalue weighted by molar-refractivity contribution is 0.00578. The van der Waals surface area contributed by atoms with Crippen LogP contribution >= 0.6 is 0 Å². The van der Waals surface area contributed by atoms with E-state index in [1.165, 1.54) is 0 Å². The first-order valence-corrected chi connectivity index (χ1v) is 10.9. The van der Waals surface area contributed by atoms with Crippen LogP contribution in [-0.2, 0) is 14.0 Å². The molecular formula is C23H36BNO5. The highest BCUT2D eigenvalue weighted by molar-refractivity contribution is 6.62. The Kier molecular flexibility index (Phi) is 6.45. The molecule has 30 heavy (non-hydrogen) atoms. The van der Waals surface area contributed by atoms with Gasteiger partial charge in [0.2, 0.25) is 0 Å². The van der Waals surface area contributed by atoms with Gasteiger partial charge in [-0.05, 0) is 84.8 Å². The number of hydrogen-bond donors (Lipinski definition) is 0. The van der Waals surface area contributed by atoms with Gasteiger partial charge in [-0.15, -0.1) is 0 Å². The summed E-state index contributed by atoms with van der Waals surface area (Å²) < 4.78 is 23.7. The molecule has 2 aliphatic heterocycles. The molecule has 166 valence electrons. The van der Waals surface area contributed by atoms with Gasteiger partial charge in [-0.2, -0.15) is 0 Å². The molecule has 2 heterocycles. The first-order valence-electron chi connectivity index (χ1n) is 10.9. The predicted molar refractivity (Wildman–Crippen MR) is 118 cm³/mol. The van der Waals surface area contributed by atoms with Crippen LogP contribution in [0.15, 0.2) is 24.3 Å². The van der Waals surface area contributed by atoms with E-state index < -0.39 is 5.60 Å². The number of ether oxygens (including phenoxy) is 2. The molecule has 0 atom stereocenters. The van der Waals surface area contributed by atoms with Gasteiger partial charge < -0.3 is 23.7 Å². The van der Waals surface area contributed by atoms with Crippen molar-refractivity contribution >= 4 is 18.7 Å². The monoisotopic (exact) mass is 417 g/mol. The van der Waals surface area contributed by atoms with E-state index in [1.807, 2.05) is 45.0 Å². The van der Waals surface area contributed by atoms with Gasteiger partial charge in [0, 0.05) is 13.1 Å². The molecule has 7 heteroatoms. The lowest BCUT2D eigenvalue weighted by atomic mass is 9.79. The zero-order valence-electron chi connectivity index (χ0n) is 19.5. The molecule has 0 bridgehead atoms. The summed E-state index contributed by atoms with van der Waals surface area (Å²) in [7, 11) is -0.360. The summed E-state index contributed by atoms with van der Waals surface area (Å²) in [6.45, 7) is 16.0. The molecule has 0 radical (unpaired) electrons. The fraction of sp³-hybridized carbons (Fsp3) is 0.696. The maximum atomic E-state index is 12.2. The van der Waals surface area contributed by atoms with E-state index in [2.05, 4.69) is 27.7 Å². The smallest absolute Gasteiger partial charge is 0.493 e. The molecule has 0 aliphatic carbocycles. The molecule has 2 fully saturated rings. The Labute approximate surface area is 181 Å². The van der Waals surface area contributed by atoms with Gasteiger partial charge in [0.05, 0.1) is 17.8 Å². The second kappa shape index (κ2) is 8.43. The Balaban J connectivity index is 1.45. The summed E-state index contributed by atoms with van der Waals surface area (Å²) >= 11 is 0. The van der Waals surface area contributed by atoms with Crippen molar-refractivity contribution < 1.29 is 23.6 Å². The number of piperidine rings is 1. The Morgan fingerprint density at radius 3 is 2.10 bits per heavy atom. The van der Waals surface area contributed by atoms with E-state index in [4.69, 9.17) is 18.8 Å². The topological polar surface area (TPSA) is 57.2 Å². The average molecular weight is 417 g/mol. The summed E-state index contributed by atoms with van der Waals surface area (Å²) in [4.78, 5) is 14.0. The van der Waals surface area contributed by atoms with Crippen molar-refractivity contribution in [2.24, 2.45) is 5.92 Å². The van der Waals surface area contributed by atoms with Gasteiger partial charge >= 0.3 is 13.2 Å². The SMILES string of the molecule is CC(C)(C)OC(=O)N1CCC(COc2ccc(B3OC(C)(C)C(C)(C)O3)cc2)CC1. The van der Waals surface area contributed by atoms with Gasteiger partial charge in [0.15, 0.2) is 0 Å². The zero-order chi connectivity index (χ0) is 22.2. The third-order valence-corrected chi connectivity index (χ3v) is 6.16. The number of nitrogens with zero attached hydrogens (tertiary/aromatic N) is 1. The molecule has 2 aliphatic rings. The van der Waals surface area contributed by atoms with Crippen LogP contribution in [0.2, 0.25) is 0 Å². The molecule has 0 unspecified atom stereocenters. The second-order valence-corrected chi connectivity index (χ2v) is 10.4. The van der Waals surface area contributed by atoms with Crippen LogP contribution in [0, 0.1) is 5.92 Å². The highest BCUT2D eigenvalue weighted by Gasteiger charge is 2.51. The largest absolute Gasteiger partial charge is 0.494 e. The third-order valence-electron chi connectivity index (χ3n) is 6.16. The van der Waals surface area contributed by atoms with Gasteiger partial charge in [0.25, 0.3) is 0 Å². The lowest BCUT2D eigenvalue weighted by Gasteiger charge is -2.33. The molecule has 0 N–H and O–H groups in total. The Bertz CT molecular complexity index is 717. The lowest BCUT2D eigenvalue weighted by Crippen LogP contribution is -2.42. The van der Waals surface area contributed by atoms with Crippen molar-refractivity contribution in [1.29, 1.82) is 0 Å². The second-order valence-electron chi connectivity index (χ2n) is 10.4. The van der Waals surface area contributed by atoms with Gasteiger partial charge in [-0.3, -0.25) is 0 Å². The minimum Gasteiger partial charge on any atom is -0.493 e. The van der Waals surface area contributed by atoms with Crippen LogP contribution in [0.5, 0.6) is 5.75 Å². The number of hydrogen-bond acceptors (Lipinski definition) is 5. The quantitative estimate of drug-likeness (QED) is 0.693. The molecule has 3 rings (SSSR count). The van der Waals surface area contributed by atoms with Crippen molar-refractivity contribution in [3.05, 3.63) is 24.3 Å². The third kappa shape index (κ3) is 5.49. The van der Waals surface area contributed by atoms with Crippen molar-refractivity contribution in [3.8, 4) is 5.75 Å². The van der Waals surface area contributed by atoms with Gasteiger partial charge in [-0.1, -0.05) is 12.1 Å². The van der Waals surface area contributed by atoms with E-state index in [-0.39, 0.29) is 24.4 Å². The van der Waals surface area contributed by atoms with Crippen LogP contribution in [0.3, 0.4) is 0 Å². The van der Waals surface area contributed by atoms with Crippen LogP contribution in [0.4, 0.5) is 4.79 Å². The van der Waals surface area contributed by atoms with Crippen LogP contribution in [0.25, 0.3) is 0 Å². The molecule has 2 saturated heterocycles. The summed E-state index contributed by atoms with van der Waals surface area (Å²) in [6.07, 6.45) is 1.62. The highest BCUT2D eigenvalue weighted by atomic mass is 16.7. The summed E-state index contributed by atoms with van der Waals surface area (Å²) in [5.41, 5.74) is -0.155. The van der Waals surface area contributed by atoms with Crippen LogP contribution in [0.1, 0.15) is 61.3 Å². The van der Waals surface area contributed by atoms with Crippen LogP contribution in [-0.4, -0.2) is 54.6 Å². The van der Waals surface area contributed by atoms with Crippen molar-refractivity contribution in [2.45, 2.75) is 78.1 Å². The Morgan fingerprint density at radius 2 is 1.60 bits per heavy atom. The molecule has 0 aromatic heterocycles. The number of carbonyl (C=O) groups excluding carboxylic acids is 1. The minimum atomic E-state index is -0.455. The molecule has 0 saturated carbocycles. The standard InChI is InChI=1S/C23H36BNO5/c1-21(2,3)28-20(26)25-14-12-17(13-15-25)16-27-19-10-8-18(9-11-19)24-29-22(4,5)23(6,7)30-24/h8-11,17H,12-16H2,1-7H3. The molecule has 6 nitrogen and oxygen atoms in total. The van der Waals surface area contributed by atoms with Crippen molar-refractivity contribution in [2.75, 3.05) is 19.7 Å². The van der Waals surface area contributed by atoms with Gasteiger partial charge in [0.1, 0.15) is 11.4 Å². The first kappa shape index (κ1) is 22.9. The maximum absolute atomic E-state index is 12.2. The summed E-state index contributed by atoms with van der Waals surface area (Å²) in [5.74, 6) is 1.27. The first-order chi connectivity index (χ1) is 13.9. The molecule has 1 amide bonds. The zero-order valence-corrected chi connectivity index (χ0v) is 19.5. The fourth-order valence-electron chi connectivity index (χ4n) is 3.52. The Hall–Kier alpha value is -1.73. The molecule has 1 aromatic rings. The summed E-state index contributed by atoms with van der Waals surface area (Å²) in [6, 6.07) is 7.94. The highest BCUT2D eigenvalue weighted by Crippen LogP contribution is 2.36. The maximum Gasteiger partial charge on any atom is 0.494 e. The Morgan fingerprint density at radius 1 is 1.07 bits per heavy atom. The van der Waals surface area contributed by atoms with E-state index in [0.717, 1.165) is 24.1 Å². The van der Waals surface area contributed by atoms with E-state index in [1.54, 1.807) is 4.90 Å². The van der Waals surface area contributed by atoms with Crippen LogP contribution < -0.4 is 10.2 Å². The summed E-state index contributed by atoms with van der Waals surface area (Å²) in [5, 5.41) is 0. The number of carbonyl (C=O) groups is 1. The average Bonchev–Trinajstić information content (AvgIpc) is 2.87. The number of benzene rings is 1. The molecular weight excluding hydrogens is 381 g/mol. The van der Waals surface area contributed by atoms with E-state index in [0.29, 0.717) is 25.6 Å². The molecule has 0 spiro atoms. The normalized spacial score (nSPS) is 21.6. The predicted octanol–water partition coefficient (Wildman–Crippen LogP) is 4.01. The van der Waals surface area contributed by atoms with Crippen molar-refractivity contribution in [1.82, 2.24) is 4.90 Å². The van der Waals surface area contributed by atoms with E-state index in [9.17, 15) is 4.79 Å². The molecule has 1 aromatic carbocycles. The van der Waals surface area contributed by atoms with E-state index >= 15 is 0 Å². The number of rotatable bonds is 4. The number of amides is 1. The number of likely N-dealkylation sites (tertiary alicyclic amines) is 1. The fourth-order valence-corrected chi connectivity index (χ4v) is 3.52. The minimum absolute atomic E-state index is 0.222. The van der Waals surface area contributed by atoms with Crippen molar-refractivity contribution in [3.63, 3.8) is 0 Å². The van der Waals surface area contributed by atoms with Gasteiger partial charge in [-0.25, -0.2) is 4.79 Å².